The van der Waals surface area contributed by atoms with Gasteiger partial charge >= 0.3 is 0 Å². The van der Waals surface area contributed by atoms with Gasteiger partial charge < -0.3 is 15.2 Å². The molecule has 0 unspecified atom stereocenters. The first-order chi connectivity index (χ1) is 12.6. The van der Waals surface area contributed by atoms with E-state index in [1.54, 1.807) is 0 Å². The second-order valence-electron chi connectivity index (χ2n) is 7.48. The van der Waals surface area contributed by atoms with E-state index in [4.69, 9.17) is 17.3 Å². The molecule has 0 fully saturated rings. The zero-order valence-corrected chi connectivity index (χ0v) is 15.5. The fourth-order valence-electron chi connectivity index (χ4n) is 4.13. The summed E-state index contributed by atoms with van der Waals surface area (Å²) >= 11 is 0. The third-order valence-electron chi connectivity index (χ3n) is 5.41. The number of aromatic nitrogens is 2. The highest BCUT2D eigenvalue weighted by Crippen LogP contribution is 2.38. The molecule has 2 aromatic heterocycles. The summed E-state index contributed by atoms with van der Waals surface area (Å²) in [6.45, 7) is 9.30. The molecule has 0 amide bonds. The Morgan fingerprint density at radius 3 is 2.85 bits per heavy atom. The number of nitrogens with two attached hydrogens (primary N) is 1. The third-order valence-corrected chi connectivity index (χ3v) is 5.41. The average molecular weight is 347 g/mol. The van der Waals surface area contributed by atoms with Crippen molar-refractivity contribution < 1.29 is 0 Å². The summed E-state index contributed by atoms with van der Waals surface area (Å²) in [4.78, 5) is 10.9. The lowest BCUT2D eigenvalue weighted by Crippen LogP contribution is -2.15. The number of hydrogen-bond acceptors (Lipinski definition) is 3. The van der Waals surface area contributed by atoms with Crippen LogP contribution in [-0.4, -0.2) is 35.1 Å². The molecule has 5 heteroatoms. The van der Waals surface area contributed by atoms with E-state index in [0.29, 0.717) is 5.69 Å². The molecule has 4 rings (SSSR count). The van der Waals surface area contributed by atoms with Crippen molar-refractivity contribution in [3.05, 3.63) is 40.9 Å². The number of hydrogen-bond donors (Lipinski definition) is 1. The van der Waals surface area contributed by atoms with Crippen molar-refractivity contribution in [2.45, 2.75) is 38.6 Å². The first-order valence-electron chi connectivity index (χ1n) is 9.35. The van der Waals surface area contributed by atoms with Crippen LogP contribution in [0.15, 0.2) is 18.2 Å². The van der Waals surface area contributed by atoms with Gasteiger partial charge in [0.15, 0.2) is 5.69 Å². The smallest absolute Gasteiger partial charge is 0.188 e. The van der Waals surface area contributed by atoms with Gasteiger partial charge in [-0.05, 0) is 70.4 Å². The maximum Gasteiger partial charge on any atom is 0.188 e. The molecule has 0 saturated carbocycles. The van der Waals surface area contributed by atoms with Gasteiger partial charge in [-0.25, -0.2) is 9.83 Å². The molecule has 0 bridgehead atoms. The lowest BCUT2D eigenvalue weighted by molar-refractivity contribution is 0.389. The predicted molar refractivity (Wildman–Crippen MR) is 108 cm³/mol. The van der Waals surface area contributed by atoms with Crippen molar-refractivity contribution in [1.82, 2.24) is 14.5 Å². The number of pyridine rings is 1. The molecule has 0 atom stereocenters. The van der Waals surface area contributed by atoms with Crippen molar-refractivity contribution in [1.29, 1.82) is 0 Å². The van der Waals surface area contributed by atoms with E-state index in [1.165, 1.54) is 24.1 Å². The van der Waals surface area contributed by atoms with Gasteiger partial charge in [0.05, 0.1) is 6.57 Å². The molecule has 0 aliphatic heterocycles. The molecule has 1 aromatic carbocycles. The largest absolute Gasteiger partial charge is 0.398 e. The molecule has 26 heavy (non-hydrogen) atoms. The lowest BCUT2D eigenvalue weighted by Gasteiger charge is -2.18. The summed E-state index contributed by atoms with van der Waals surface area (Å²) in [5.41, 5.74) is 12.7. The van der Waals surface area contributed by atoms with Crippen LogP contribution in [0.5, 0.6) is 0 Å². The van der Waals surface area contributed by atoms with Crippen molar-refractivity contribution in [2.24, 2.45) is 0 Å². The number of anilines is 1. The maximum atomic E-state index is 7.36. The monoisotopic (exact) mass is 347 g/mol. The third kappa shape index (κ3) is 2.71. The minimum atomic E-state index is 0.655. The van der Waals surface area contributed by atoms with Gasteiger partial charge in [0.25, 0.3) is 0 Å². The van der Waals surface area contributed by atoms with Crippen LogP contribution in [0.1, 0.15) is 30.5 Å². The summed E-state index contributed by atoms with van der Waals surface area (Å²) in [5.74, 6) is 0. The number of rotatable bonds is 4. The Hall–Kier alpha value is -2.58. The Labute approximate surface area is 154 Å². The lowest BCUT2D eigenvalue weighted by atomic mass is 9.93. The summed E-state index contributed by atoms with van der Waals surface area (Å²) in [6.07, 6.45) is 5.45. The van der Waals surface area contributed by atoms with Gasteiger partial charge in [-0.1, -0.05) is 6.07 Å². The number of nitrogen functional groups attached to an aromatic ring is 1. The van der Waals surface area contributed by atoms with E-state index in [0.717, 1.165) is 60.0 Å². The number of aryl methyl sites for hydroxylation is 2. The van der Waals surface area contributed by atoms with Crippen LogP contribution >= 0.6 is 0 Å². The van der Waals surface area contributed by atoms with Crippen molar-refractivity contribution in [2.75, 3.05) is 26.4 Å². The van der Waals surface area contributed by atoms with Gasteiger partial charge in [0, 0.05) is 34.2 Å². The van der Waals surface area contributed by atoms with E-state index < -0.39 is 0 Å². The highest BCUT2D eigenvalue weighted by molar-refractivity contribution is 6.14. The number of benzene rings is 1. The molecule has 0 saturated heterocycles. The Morgan fingerprint density at radius 2 is 2.08 bits per heavy atom. The summed E-state index contributed by atoms with van der Waals surface area (Å²) in [6, 6.07) is 5.92. The highest BCUT2D eigenvalue weighted by atomic mass is 15.1. The van der Waals surface area contributed by atoms with Gasteiger partial charge in [-0.15, -0.1) is 0 Å². The second-order valence-corrected chi connectivity index (χ2v) is 7.48. The van der Waals surface area contributed by atoms with Crippen LogP contribution in [0.3, 0.4) is 0 Å². The average Bonchev–Trinajstić information content (AvgIpc) is 2.95. The molecule has 1 aliphatic carbocycles. The molecule has 3 aromatic rings. The van der Waals surface area contributed by atoms with Crippen LogP contribution in [0, 0.1) is 6.57 Å². The second kappa shape index (κ2) is 6.62. The minimum absolute atomic E-state index is 0.655. The van der Waals surface area contributed by atoms with E-state index in [9.17, 15) is 0 Å². The molecule has 134 valence electrons. The Morgan fingerprint density at radius 1 is 1.27 bits per heavy atom. The van der Waals surface area contributed by atoms with Gasteiger partial charge in [-0.3, -0.25) is 0 Å². The fourth-order valence-corrected chi connectivity index (χ4v) is 4.13. The van der Waals surface area contributed by atoms with Gasteiger partial charge in [0.1, 0.15) is 5.65 Å². The maximum absolute atomic E-state index is 7.36. The van der Waals surface area contributed by atoms with Gasteiger partial charge in [-0.2, -0.15) is 0 Å². The molecule has 1 aliphatic rings. The van der Waals surface area contributed by atoms with Crippen LogP contribution in [0.2, 0.25) is 0 Å². The molecule has 2 N–H and O–H groups in total. The van der Waals surface area contributed by atoms with Crippen molar-refractivity contribution in [3.8, 4) is 0 Å². The summed E-state index contributed by atoms with van der Waals surface area (Å²) in [7, 11) is 4.20. The summed E-state index contributed by atoms with van der Waals surface area (Å²) < 4.78 is 2.30. The minimum Gasteiger partial charge on any atom is -0.398 e. The van der Waals surface area contributed by atoms with Crippen LogP contribution < -0.4 is 5.73 Å². The molecular formula is C21H25N5. The highest BCUT2D eigenvalue weighted by Gasteiger charge is 2.21. The number of fused-ring (bicyclic) bond motifs is 4. The molecular weight excluding hydrogens is 322 g/mol. The zero-order chi connectivity index (χ0) is 18.3. The van der Waals surface area contributed by atoms with Crippen molar-refractivity contribution in [3.63, 3.8) is 0 Å². The molecule has 2 heterocycles. The van der Waals surface area contributed by atoms with Crippen molar-refractivity contribution >= 4 is 33.3 Å². The van der Waals surface area contributed by atoms with Gasteiger partial charge in [0.2, 0.25) is 0 Å². The van der Waals surface area contributed by atoms with E-state index in [-0.39, 0.29) is 0 Å². The normalized spacial score (nSPS) is 14.1. The molecule has 5 nitrogen and oxygen atoms in total. The van der Waals surface area contributed by atoms with Crippen LogP contribution in [0.25, 0.3) is 26.8 Å². The number of nitrogens with zero attached hydrogens (tertiary/aromatic N) is 4. The molecule has 0 radical (unpaired) electrons. The van der Waals surface area contributed by atoms with Crippen LogP contribution in [0.4, 0.5) is 11.4 Å². The standard InChI is InChI=1S/C21H25N5/c1-23-14-9-10-18-16(13-14)19-20(22)15-7-4-5-8-17(15)24-21(19)26(18)12-6-11-25(2)3/h9-10,13H,4-8,11-12H2,2-3H3,(H2,22,24). The summed E-state index contributed by atoms with van der Waals surface area (Å²) in [5, 5.41) is 2.10. The van der Waals surface area contributed by atoms with E-state index >= 15 is 0 Å². The Bertz CT molecular complexity index is 1020. The first kappa shape index (κ1) is 16.9. The van der Waals surface area contributed by atoms with E-state index in [2.05, 4.69) is 34.5 Å². The quantitative estimate of drug-likeness (QED) is 0.721. The van der Waals surface area contributed by atoms with E-state index in [1.807, 2.05) is 12.1 Å². The zero-order valence-electron chi connectivity index (χ0n) is 15.5. The fraction of sp³-hybridized carbons (Fsp3) is 0.429. The molecule has 0 spiro atoms. The van der Waals surface area contributed by atoms with Crippen LogP contribution in [-0.2, 0) is 19.4 Å². The SMILES string of the molecule is [C-]#[N+]c1ccc2c(c1)c1c(N)c3c(nc1n2CCCN(C)C)CCCC3. The topological polar surface area (TPSA) is 51.4 Å². The first-order valence-corrected chi connectivity index (χ1v) is 9.35. The Kier molecular flexibility index (Phi) is 4.29. The Balaban J connectivity index is 1.97. The predicted octanol–water partition coefficient (Wildman–Crippen LogP) is 4.15.